The smallest absolute Gasteiger partial charge is 0.227 e. The standard InChI is InChI=1S/C13H21N5O/c1-13(12(19)15-2)4-6-18(9-13)8-10-3-5-16-11(7-10)17-14/h3,5,7H,4,6,8-9,14H2,1-2H3,(H,15,19)(H,16,17). The van der Waals surface area contributed by atoms with Crippen LogP contribution in [0.25, 0.3) is 0 Å². The van der Waals surface area contributed by atoms with Crippen LogP contribution in [0.5, 0.6) is 0 Å². The van der Waals surface area contributed by atoms with Crippen LogP contribution < -0.4 is 16.6 Å². The molecule has 0 aromatic carbocycles. The first-order valence-electron chi connectivity index (χ1n) is 6.43. The first kappa shape index (κ1) is 13.8. The molecule has 2 heterocycles. The van der Waals surface area contributed by atoms with Crippen LogP contribution in [-0.2, 0) is 11.3 Å². The summed E-state index contributed by atoms with van der Waals surface area (Å²) in [4.78, 5) is 18.2. The second-order valence-electron chi connectivity index (χ2n) is 5.29. The second-order valence-corrected chi connectivity index (χ2v) is 5.29. The third-order valence-electron chi connectivity index (χ3n) is 3.71. The number of anilines is 1. The lowest BCUT2D eigenvalue weighted by molar-refractivity contribution is -0.129. The molecule has 19 heavy (non-hydrogen) atoms. The Morgan fingerprint density at radius 1 is 1.63 bits per heavy atom. The van der Waals surface area contributed by atoms with Crippen LogP contribution >= 0.6 is 0 Å². The van der Waals surface area contributed by atoms with Gasteiger partial charge in [0.05, 0.1) is 5.41 Å². The fourth-order valence-electron chi connectivity index (χ4n) is 2.59. The number of hydrogen-bond acceptors (Lipinski definition) is 5. The van der Waals surface area contributed by atoms with Gasteiger partial charge in [-0.1, -0.05) is 0 Å². The summed E-state index contributed by atoms with van der Waals surface area (Å²) in [5.41, 5.74) is 3.40. The number of likely N-dealkylation sites (tertiary alicyclic amines) is 1. The van der Waals surface area contributed by atoms with E-state index < -0.39 is 0 Å². The van der Waals surface area contributed by atoms with Gasteiger partial charge >= 0.3 is 0 Å². The zero-order chi connectivity index (χ0) is 13.9. The number of hydrogen-bond donors (Lipinski definition) is 3. The highest BCUT2D eigenvalue weighted by molar-refractivity contribution is 5.82. The average Bonchev–Trinajstić information content (AvgIpc) is 2.80. The normalized spacial score (nSPS) is 23.3. The molecule has 1 aliphatic rings. The summed E-state index contributed by atoms with van der Waals surface area (Å²) < 4.78 is 0. The highest BCUT2D eigenvalue weighted by Gasteiger charge is 2.39. The van der Waals surface area contributed by atoms with Gasteiger partial charge in [0, 0.05) is 26.3 Å². The van der Waals surface area contributed by atoms with E-state index >= 15 is 0 Å². The van der Waals surface area contributed by atoms with Crippen molar-refractivity contribution in [2.24, 2.45) is 11.3 Å². The van der Waals surface area contributed by atoms with Crippen LogP contribution in [0, 0.1) is 5.41 Å². The zero-order valence-corrected chi connectivity index (χ0v) is 11.4. The Morgan fingerprint density at radius 3 is 3.11 bits per heavy atom. The minimum Gasteiger partial charge on any atom is -0.359 e. The molecule has 1 atom stereocenters. The fraction of sp³-hybridized carbons (Fsp3) is 0.538. The van der Waals surface area contributed by atoms with Crippen molar-refractivity contribution in [3.8, 4) is 0 Å². The van der Waals surface area contributed by atoms with Crippen molar-refractivity contribution < 1.29 is 4.79 Å². The number of nitrogen functional groups attached to an aromatic ring is 1. The highest BCUT2D eigenvalue weighted by atomic mass is 16.2. The van der Waals surface area contributed by atoms with E-state index in [4.69, 9.17) is 5.84 Å². The minimum atomic E-state index is -0.281. The van der Waals surface area contributed by atoms with Crippen LogP contribution in [0.4, 0.5) is 5.82 Å². The van der Waals surface area contributed by atoms with Gasteiger partial charge in [-0.2, -0.15) is 0 Å². The predicted octanol–water partition coefficient (Wildman–Crippen LogP) is 0.325. The number of carbonyl (C=O) groups is 1. The van der Waals surface area contributed by atoms with Crippen LogP contribution in [0.1, 0.15) is 18.9 Å². The Balaban J connectivity index is 2.00. The van der Waals surface area contributed by atoms with Crippen molar-refractivity contribution in [1.82, 2.24) is 15.2 Å². The Bertz CT molecular complexity index is 464. The summed E-state index contributed by atoms with van der Waals surface area (Å²) in [6, 6.07) is 3.89. The van der Waals surface area contributed by atoms with E-state index in [1.807, 2.05) is 19.1 Å². The lowest BCUT2D eigenvalue weighted by atomic mass is 9.89. The SMILES string of the molecule is CNC(=O)C1(C)CCN(Cc2ccnc(NN)c2)C1. The molecular weight excluding hydrogens is 242 g/mol. The molecule has 4 N–H and O–H groups in total. The van der Waals surface area contributed by atoms with Gasteiger partial charge in [-0.05, 0) is 37.6 Å². The number of carbonyl (C=O) groups excluding carboxylic acids is 1. The largest absolute Gasteiger partial charge is 0.359 e. The van der Waals surface area contributed by atoms with Crippen molar-refractivity contribution in [3.63, 3.8) is 0 Å². The molecule has 1 unspecified atom stereocenters. The molecule has 0 aliphatic carbocycles. The van der Waals surface area contributed by atoms with Gasteiger partial charge in [0.2, 0.25) is 5.91 Å². The van der Waals surface area contributed by atoms with Crippen molar-refractivity contribution >= 4 is 11.7 Å². The average molecular weight is 263 g/mol. The van der Waals surface area contributed by atoms with E-state index in [9.17, 15) is 4.79 Å². The number of nitrogens with two attached hydrogens (primary N) is 1. The topological polar surface area (TPSA) is 83.3 Å². The predicted molar refractivity (Wildman–Crippen MR) is 74.1 cm³/mol. The van der Waals surface area contributed by atoms with E-state index in [1.54, 1.807) is 13.2 Å². The molecule has 2 rings (SSSR count). The van der Waals surface area contributed by atoms with E-state index in [-0.39, 0.29) is 11.3 Å². The van der Waals surface area contributed by atoms with Crippen LogP contribution in [0.2, 0.25) is 0 Å². The van der Waals surface area contributed by atoms with Crippen LogP contribution in [0.15, 0.2) is 18.3 Å². The molecule has 1 aliphatic heterocycles. The molecule has 1 amide bonds. The number of aromatic nitrogens is 1. The fourth-order valence-corrected chi connectivity index (χ4v) is 2.59. The Labute approximate surface area is 113 Å². The summed E-state index contributed by atoms with van der Waals surface area (Å²) in [5.74, 6) is 6.13. The van der Waals surface area contributed by atoms with Crippen molar-refractivity contribution in [1.29, 1.82) is 0 Å². The van der Waals surface area contributed by atoms with Gasteiger partial charge in [-0.25, -0.2) is 10.8 Å². The van der Waals surface area contributed by atoms with Crippen molar-refractivity contribution in [2.45, 2.75) is 19.9 Å². The summed E-state index contributed by atoms with van der Waals surface area (Å²) in [6.07, 6.45) is 2.62. The van der Waals surface area contributed by atoms with E-state index in [1.165, 1.54) is 0 Å². The van der Waals surface area contributed by atoms with Gasteiger partial charge in [-0.15, -0.1) is 0 Å². The molecule has 6 nitrogen and oxygen atoms in total. The molecule has 1 aromatic rings. The minimum absolute atomic E-state index is 0.119. The zero-order valence-electron chi connectivity index (χ0n) is 11.4. The number of nitrogens with one attached hydrogen (secondary N) is 2. The third-order valence-corrected chi connectivity index (χ3v) is 3.71. The molecule has 6 heteroatoms. The molecule has 0 bridgehead atoms. The molecule has 0 radical (unpaired) electrons. The first-order valence-corrected chi connectivity index (χ1v) is 6.43. The van der Waals surface area contributed by atoms with Gasteiger partial charge in [-0.3, -0.25) is 9.69 Å². The molecule has 104 valence electrons. The van der Waals surface area contributed by atoms with Crippen molar-refractivity contribution in [3.05, 3.63) is 23.9 Å². The monoisotopic (exact) mass is 263 g/mol. The summed E-state index contributed by atoms with van der Waals surface area (Å²) >= 11 is 0. The van der Waals surface area contributed by atoms with Gasteiger partial charge in [0.1, 0.15) is 5.82 Å². The first-order chi connectivity index (χ1) is 9.07. The number of nitrogens with zero attached hydrogens (tertiary/aromatic N) is 2. The van der Waals surface area contributed by atoms with Gasteiger partial charge in [0.25, 0.3) is 0 Å². The Morgan fingerprint density at radius 2 is 2.42 bits per heavy atom. The van der Waals surface area contributed by atoms with Crippen LogP contribution in [0.3, 0.4) is 0 Å². The number of rotatable bonds is 4. The van der Waals surface area contributed by atoms with E-state index in [2.05, 4.69) is 20.6 Å². The summed E-state index contributed by atoms with van der Waals surface area (Å²) in [5, 5.41) is 2.75. The maximum absolute atomic E-state index is 11.9. The highest BCUT2D eigenvalue weighted by Crippen LogP contribution is 2.31. The quantitative estimate of drug-likeness (QED) is 0.538. The number of hydrazine groups is 1. The molecule has 1 saturated heterocycles. The second kappa shape index (κ2) is 5.54. The number of amides is 1. The number of pyridine rings is 1. The lowest BCUT2D eigenvalue weighted by Gasteiger charge is -2.22. The Kier molecular flexibility index (Phi) is 4.01. The molecule has 1 aromatic heterocycles. The molecule has 0 saturated carbocycles. The van der Waals surface area contributed by atoms with Gasteiger partial charge < -0.3 is 10.7 Å². The molecule has 1 fully saturated rings. The molecular formula is C13H21N5O. The Hall–Kier alpha value is -1.66. The lowest BCUT2D eigenvalue weighted by Crippen LogP contribution is -2.39. The maximum atomic E-state index is 11.9. The summed E-state index contributed by atoms with van der Waals surface area (Å²) in [6.45, 7) is 4.53. The van der Waals surface area contributed by atoms with E-state index in [0.717, 1.165) is 31.6 Å². The third kappa shape index (κ3) is 3.02. The van der Waals surface area contributed by atoms with E-state index in [0.29, 0.717) is 5.82 Å². The van der Waals surface area contributed by atoms with Crippen LogP contribution in [-0.4, -0.2) is 35.9 Å². The van der Waals surface area contributed by atoms with Gasteiger partial charge in [0.15, 0.2) is 0 Å². The summed E-state index contributed by atoms with van der Waals surface area (Å²) in [7, 11) is 1.69. The molecule has 0 spiro atoms. The maximum Gasteiger partial charge on any atom is 0.227 e. The van der Waals surface area contributed by atoms with Crippen molar-refractivity contribution in [2.75, 3.05) is 25.6 Å².